The third-order valence-corrected chi connectivity index (χ3v) is 5.13. The molecule has 0 aliphatic carbocycles. The maximum absolute atomic E-state index is 12.3. The molecule has 0 fully saturated rings. The smallest absolute Gasteiger partial charge is 0.230 e. The number of anilines is 3. The third-order valence-electron chi connectivity index (χ3n) is 4.05. The largest absolute Gasteiger partial charge is 0.278 e. The van der Waals surface area contributed by atoms with Gasteiger partial charge in [-0.05, 0) is 49.2 Å². The summed E-state index contributed by atoms with van der Waals surface area (Å²) in [5, 5.41) is 7.29. The van der Waals surface area contributed by atoms with Gasteiger partial charge in [0.05, 0.1) is 23.3 Å². The second-order valence-corrected chi connectivity index (χ2v) is 7.28. The summed E-state index contributed by atoms with van der Waals surface area (Å²) in [6.07, 6.45) is 1.61. The number of nitrogens with one attached hydrogen (secondary N) is 1. The molecule has 0 saturated heterocycles. The van der Waals surface area contributed by atoms with E-state index in [4.69, 9.17) is 11.6 Å². The van der Waals surface area contributed by atoms with Crippen LogP contribution in [-0.2, 0) is 4.79 Å². The lowest BCUT2D eigenvalue weighted by Crippen LogP contribution is -2.23. The van der Waals surface area contributed by atoms with Crippen molar-refractivity contribution in [1.29, 1.82) is 0 Å². The molecule has 0 aliphatic heterocycles. The molecule has 1 aromatic heterocycles. The Hall–Kier alpha value is -2.70. The van der Waals surface area contributed by atoms with E-state index in [9.17, 15) is 4.79 Å². The topological polar surface area (TPSA) is 57.6 Å². The van der Waals surface area contributed by atoms with Crippen molar-refractivity contribution in [1.82, 2.24) is 4.98 Å². The number of rotatable bonds is 5. The zero-order chi connectivity index (χ0) is 19.4. The Bertz CT molecular complexity index is 999. The molecule has 1 N–H and O–H groups in total. The van der Waals surface area contributed by atoms with Crippen LogP contribution < -0.4 is 10.3 Å². The molecule has 5 nitrogen and oxygen atoms in total. The average Bonchev–Trinajstić information content (AvgIpc) is 3.07. The van der Waals surface area contributed by atoms with E-state index in [1.807, 2.05) is 49.6 Å². The van der Waals surface area contributed by atoms with Crippen LogP contribution in [0.4, 0.5) is 16.5 Å². The van der Waals surface area contributed by atoms with Gasteiger partial charge in [-0.3, -0.25) is 15.1 Å². The standard InChI is InChI=1S/C20H19ClN4OS/c1-13-6-4-9-19(14(13)2)25(15(3)26)20-23-18(12-27-20)11-22-24-17-8-5-7-16(21)10-17/h4-12,24H,1-3H3/b22-11-. The van der Waals surface area contributed by atoms with Crippen LogP contribution in [0.2, 0.25) is 5.02 Å². The number of carbonyl (C=O) groups is 1. The summed E-state index contributed by atoms with van der Waals surface area (Å²) >= 11 is 7.35. The van der Waals surface area contributed by atoms with Crippen LogP contribution in [0.3, 0.4) is 0 Å². The number of hydrogen-bond acceptors (Lipinski definition) is 5. The Labute approximate surface area is 167 Å². The van der Waals surface area contributed by atoms with E-state index in [1.165, 1.54) is 18.3 Å². The number of hydrogen-bond donors (Lipinski definition) is 1. The predicted molar refractivity (Wildman–Crippen MR) is 114 cm³/mol. The van der Waals surface area contributed by atoms with E-state index in [1.54, 1.807) is 23.2 Å². The van der Waals surface area contributed by atoms with E-state index in [0.717, 1.165) is 22.5 Å². The second-order valence-electron chi connectivity index (χ2n) is 6.01. The van der Waals surface area contributed by atoms with Crippen molar-refractivity contribution < 1.29 is 4.79 Å². The van der Waals surface area contributed by atoms with E-state index >= 15 is 0 Å². The molecular formula is C20H19ClN4OS. The van der Waals surface area contributed by atoms with E-state index in [-0.39, 0.29) is 5.91 Å². The van der Waals surface area contributed by atoms with Crippen LogP contribution in [0.5, 0.6) is 0 Å². The molecule has 138 valence electrons. The van der Waals surface area contributed by atoms with Gasteiger partial charge >= 0.3 is 0 Å². The van der Waals surface area contributed by atoms with E-state index in [0.29, 0.717) is 15.8 Å². The van der Waals surface area contributed by atoms with Gasteiger partial charge in [-0.25, -0.2) is 4.98 Å². The SMILES string of the molecule is CC(=O)N(c1nc(/C=N\Nc2cccc(Cl)c2)cs1)c1cccc(C)c1C. The van der Waals surface area contributed by atoms with Crippen molar-refractivity contribution in [2.45, 2.75) is 20.8 Å². The molecule has 3 aromatic rings. The highest BCUT2D eigenvalue weighted by atomic mass is 35.5. The fraction of sp³-hybridized carbons (Fsp3) is 0.150. The highest BCUT2D eigenvalue weighted by molar-refractivity contribution is 7.14. The van der Waals surface area contributed by atoms with E-state index in [2.05, 4.69) is 15.5 Å². The summed E-state index contributed by atoms with van der Waals surface area (Å²) in [5.41, 5.74) is 7.40. The van der Waals surface area contributed by atoms with Crippen LogP contribution in [0.15, 0.2) is 52.9 Å². The minimum Gasteiger partial charge on any atom is -0.278 e. The number of aromatic nitrogens is 1. The minimum absolute atomic E-state index is 0.0846. The van der Waals surface area contributed by atoms with Gasteiger partial charge in [0.25, 0.3) is 0 Å². The number of thiazole rings is 1. The molecule has 0 aliphatic rings. The van der Waals surface area contributed by atoms with Gasteiger partial charge in [0.15, 0.2) is 5.13 Å². The highest BCUT2D eigenvalue weighted by Crippen LogP contribution is 2.32. The summed E-state index contributed by atoms with van der Waals surface area (Å²) in [7, 11) is 0. The van der Waals surface area contributed by atoms with Gasteiger partial charge in [-0.2, -0.15) is 5.10 Å². The number of nitrogens with zero attached hydrogens (tertiary/aromatic N) is 3. The molecule has 2 aromatic carbocycles. The number of amides is 1. The maximum atomic E-state index is 12.3. The van der Waals surface area contributed by atoms with Crippen molar-refractivity contribution >= 4 is 51.6 Å². The van der Waals surface area contributed by atoms with Crippen LogP contribution in [0, 0.1) is 13.8 Å². The number of carbonyl (C=O) groups excluding carboxylic acids is 1. The van der Waals surface area contributed by atoms with Gasteiger partial charge in [0.2, 0.25) is 5.91 Å². The Morgan fingerprint density at radius 3 is 2.78 bits per heavy atom. The quantitative estimate of drug-likeness (QED) is 0.453. The van der Waals surface area contributed by atoms with Crippen LogP contribution in [0.25, 0.3) is 0 Å². The molecular weight excluding hydrogens is 380 g/mol. The van der Waals surface area contributed by atoms with Crippen LogP contribution in [-0.4, -0.2) is 17.1 Å². The van der Waals surface area contributed by atoms with Gasteiger partial charge in [0, 0.05) is 17.3 Å². The van der Waals surface area contributed by atoms with Crippen molar-refractivity contribution in [3.63, 3.8) is 0 Å². The molecule has 1 amide bonds. The summed E-state index contributed by atoms with van der Waals surface area (Å²) in [6.45, 7) is 5.57. The zero-order valence-electron chi connectivity index (χ0n) is 15.2. The van der Waals surface area contributed by atoms with Crippen molar-refractivity contribution in [2.75, 3.05) is 10.3 Å². The lowest BCUT2D eigenvalue weighted by atomic mass is 10.1. The van der Waals surface area contributed by atoms with Crippen molar-refractivity contribution in [3.8, 4) is 0 Å². The average molecular weight is 399 g/mol. The first kappa shape index (κ1) is 19.1. The molecule has 0 radical (unpaired) electrons. The van der Waals surface area contributed by atoms with Crippen LogP contribution >= 0.6 is 22.9 Å². The highest BCUT2D eigenvalue weighted by Gasteiger charge is 2.19. The summed E-state index contributed by atoms with van der Waals surface area (Å²) in [6, 6.07) is 13.2. The fourth-order valence-corrected chi connectivity index (χ4v) is 3.57. The Kier molecular flexibility index (Phi) is 5.88. The zero-order valence-corrected chi connectivity index (χ0v) is 16.8. The summed E-state index contributed by atoms with van der Waals surface area (Å²) in [5.74, 6) is -0.0846. The maximum Gasteiger partial charge on any atom is 0.230 e. The number of hydrazone groups is 1. The first-order chi connectivity index (χ1) is 13.0. The molecule has 0 spiro atoms. The van der Waals surface area contributed by atoms with Gasteiger partial charge in [-0.15, -0.1) is 11.3 Å². The van der Waals surface area contributed by atoms with Gasteiger partial charge < -0.3 is 0 Å². The lowest BCUT2D eigenvalue weighted by Gasteiger charge is -2.21. The first-order valence-electron chi connectivity index (χ1n) is 8.33. The number of halogens is 1. The number of benzene rings is 2. The Morgan fingerprint density at radius 1 is 1.26 bits per heavy atom. The van der Waals surface area contributed by atoms with Crippen molar-refractivity contribution in [2.24, 2.45) is 5.10 Å². The Balaban J connectivity index is 1.81. The molecule has 7 heteroatoms. The summed E-state index contributed by atoms with van der Waals surface area (Å²) in [4.78, 5) is 18.5. The van der Waals surface area contributed by atoms with Crippen LogP contribution in [0.1, 0.15) is 23.7 Å². The molecule has 27 heavy (non-hydrogen) atoms. The first-order valence-corrected chi connectivity index (χ1v) is 9.58. The fourth-order valence-electron chi connectivity index (χ4n) is 2.55. The van der Waals surface area contributed by atoms with E-state index < -0.39 is 0 Å². The lowest BCUT2D eigenvalue weighted by molar-refractivity contribution is -0.115. The number of aryl methyl sites for hydroxylation is 1. The molecule has 0 bridgehead atoms. The molecule has 1 heterocycles. The Morgan fingerprint density at radius 2 is 2.04 bits per heavy atom. The van der Waals surface area contributed by atoms with Gasteiger partial charge in [-0.1, -0.05) is 29.8 Å². The summed E-state index contributed by atoms with van der Waals surface area (Å²) < 4.78 is 0. The van der Waals surface area contributed by atoms with Gasteiger partial charge in [0.1, 0.15) is 0 Å². The normalized spacial score (nSPS) is 11.0. The molecule has 0 unspecified atom stereocenters. The van der Waals surface area contributed by atoms with Crippen molar-refractivity contribution in [3.05, 3.63) is 69.7 Å². The minimum atomic E-state index is -0.0846. The molecule has 0 saturated carbocycles. The predicted octanol–water partition coefficient (Wildman–Crippen LogP) is 5.54. The second kappa shape index (κ2) is 8.33. The third kappa shape index (κ3) is 4.53. The molecule has 3 rings (SSSR count). The molecule has 0 atom stereocenters. The monoisotopic (exact) mass is 398 g/mol.